The van der Waals surface area contributed by atoms with Gasteiger partial charge in [-0.3, -0.25) is 0 Å². The summed E-state index contributed by atoms with van der Waals surface area (Å²) in [6, 6.07) is 0. The summed E-state index contributed by atoms with van der Waals surface area (Å²) in [5.41, 5.74) is 0. The number of rotatable bonds is 1. The van der Waals surface area contributed by atoms with Gasteiger partial charge in [0.2, 0.25) is 0 Å². The first kappa shape index (κ1) is 7.44. The zero-order chi connectivity index (χ0) is 7.72. The number of carbonyl (C=O) groups excluding carboxylic acids is 1. The number of carbonyl (C=O) groups is 1. The van der Waals surface area contributed by atoms with Crippen LogP contribution in [0.4, 0.5) is 0 Å². The van der Waals surface area contributed by atoms with Crippen LogP contribution in [0.25, 0.3) is 0 Å². The molecule has 1 N–H and O–H groups in total. The van der Waals surface area contributed by atoms with Crippen LogP contribution in [0.2, 0.25) is 0 Å². The molecule has 0 unspecified atom stereocenters. The van der Waals surface area contributed by atoms with Gasteiger partial charge >= 0.3 is 60.3 Å². The molecule has 0 bridgehead atoms. The predicted molar refractivity (Wildman–Crippen MR) is 38.5 cm³/mol. The van der Waals surface area contributed by atoms with Crippen molar-refractivity contribution < 1.29 is 4.79 Å². The Kier molecular flexibility index (Phi) is 1.88. The monoisotopic (exact) mass is 138 g/mol. The molecule has 1 rings (SSSR count). The fourth-order valence-corrected chi connectivity index (χ4v) is 1.18. The second-order valence-corrected chi connectivity index (χ2v) is 2.89. The molecule has 1 fully saturated rings. The number of amides is 1. The molecule has 0 saturated carbocycles. The standard InChI is InChI=1S/C6H11BN2O/c1-4-3-9(7-8)6(10)5(4)2/h4-5,8H,3H2,1-2H3/t4-,5+/m1/s1. The Hall–Kier alpha value is -0.665. The Balaban J connectivity index is 2.70. The third-order valence-electron chi connectivity index (χ3n) is 2.17. The van der Waals surface area contributed by atoms with Crippen molar-refractivity contribution >= 4 is 13.1 Å². The van der Waals surface area contributed by atoms with Gasteiger partial charge in [-0.1, -0.05) is 0 Å². The molecule has 2 atom stereocenters. The molecule has 0 aromatic carbocycles. The maximum absolute atomic E-state index is 11.1. The summed E-state index contributed by atoms with van der Waals surface area (Å²) in [4.78, 5) is 12.6. The van der Waals surface area contributed by atoms with E-state index in [9.17, 15) is 4.79 Å². The van der Waals surface area contributed by atoms with Crippen LogP contribution in [0.3, 0.4) is 0 Å². The van der Waals surface area contributed by atoms with Crippen LogP contribution in [0.5, 0.6) is 0 Å². The van der Waals surface area contributed by atoms with E-state index in [-0.39, 0.29) is 11.8 Å². The minimum absolute atomic E-state index is 0.0856. The van der Waals surface area contributed by atoms with E-state index in [0.717, 1.165) is 7.21 Å². The molecule has 0 radical (unpaired) electrons. The predicted octanol–water partition coefficient (Wildman–Crippen LogP) is 0.482. The summed E-state index contributed by atoms with van der Waals surface area (Å²) in [7, 11) is 1.11. The summed E-state index contributed by atoms with van der Waals surface area (Å²) >= 11 is 0. The Morgan fingerprint density at radius 1 is 1.70 bits per heavy atom. The van der Waals surface area contributed by atoms with Crippen LogP contribution < -0.4 is 0 Å². The van der Waals surface area contributed by atoms with Gasteiger partial charge in [0.05, 0.1) is 0 Å². The molecular weight excluding hydrogens is 127 g/mol. The topological polar surface area (TPSA) is 44.2 Å². The summed E-state index contributed by atoms with van der Waals surface area (Å²) in [6.07, 6.45) is 0. The molecule has 1 aliphatic rings. The Morgan fingerprint density at radius 3 is 2.50 bits per heavy atom. The summed E-state index contributed by atoms with van der Waals surface area (Å²) < 4.78 is 0. The Bertz CT molecular complexity index is 171. The van der Waals surface area contributed by atoms with Crippen LogP contribution in [0.1, 0.15) is 13.8 Å². The first-order chi connectivity index (χ1) is 4.66. The first-order valence-electron chi connectivity index (χ1n) is 3.48. The molecule has 1 saturated heterocycles. The van der Waals surface area contributed by atoms with E-state index in [0.29, 0.717) is 12.5 Å². The maximum atomic E-state index is 11.1. The quantitative estimate of drug-likeness (QED) is 0.526. The molecule has 3 nitrogen and oxygen atoms in total. The fourth-order valence-electron chi connectivity index (χ4n) is 1.18. The van der Waals surface area contributed by atoms with Crippen molar-refractivity contribution in [2.45, 2.75) is 13.8 Å². The van der Waals surface area contributed by atoms with Crippen LogP contribution in [-0.4, -0.2) is 24.5 Å². The molecule has 10 heavy (non-hydrogen) atoms. The van der Waals surface area contributed by atoms with Gasteiger partial charge in [-0.15, -0.1) is 0 Å². The van der Waals surface area contributed by atoms with Crippen molar-refractivity contribution in [3.05, 3.63) is 0 Å². The van der Waals surface area contributed by atoms with Gasteiger partial charge in [-0.2, -0.15) is 0 Å². The van der Waals surface area contributed by atoms with Crippen LogP contribution in [0, 0.1) is 17.1 Å². The first-order valence-corrected chi connectivity index (χ1v) is 3.48. The van der Waals surface area contributed by atoms with Gasteiger partial charge < -0.3 is 0 Å². The van der Waals surface area contributed by atoms with Gasteiger partial charge in [0.15, 0.2) is 0 Å². The zero-order valence-electron chi connectivity index (χ0n) is 6.29. The SMILES string of the molecule is C[C@@H]1CN(B=N)C(=O)[C@H]1C. The van der Waals surface area contributed by atoms with Gasteiger partial charge in [0.1, 0.15) is 0 Å². The molecule has 0 aromatic rings. The van der Waals surface area contributed by atoms with E-state index in [1.807, 2.05) is 13.8 Å². The van der Waals surface area contributed by atoms with E-state index in [1.165, 1.54) is 4.81 Å². The van der Waals surface area contributed by atoms with E-state index in [1.54, 1.807) is 0 Å². The Labute approximate surface area is 61.2 Å². The second-order valence-electron chi connectivity index (χ2n) is 2.89. The molecule has 1 heterocycles. The zero-order valence-corrected chi connectivity index (χ0v) is 6.29. The van der Waals surface area contributed by atoms with E-state index < -0.39 is 0 Å². The minimum atomic E-state index is 0.0856. The second kappa shape index (κ2) is 2.52. The van der Waals surface area contributed by atoms with Crippen LogP contribution in [0.15, 0.2) is 0 Å². The van der Waals surface area contributed by atoms with Crippen molar-refractivity contribution in [2.75, 3.05) is 6.54 Å². The average molecular weight is 138 g/mol. The van der Waals surface area contributed by atoms with Crippen LogP contribution in [-0.2, 0) is 4.79 Å². The fraction of sp³-hybridized carbons (Fsp3) is 0.833. The van der Waals surface area contributed by atoms with Crippen LogP contribution >= 0.6 is 0 Å². The number of nitrogens with zero attached hydrogens (tertiary/aromatic N) is 1. The average Bonchev–Trinajstić information content (AvgIpc) is 2.17. The molecular formula is C6H11BN2O. The molecule has 4 heteroatoms. The van der Waals surface area contributed by atoms with Gasteiger partial charge in [0, 0.05) is 0 Å². The summed E-state index contributed by atoms with van der Waals surface area (Å²) in [5, 5.41) is 6.89. The van der Waals surface area contributed by atoms with Gasteiger partial charge in [-0.05, 0) is 0 Å². The normalized spacial score (nSPS) is 32.6. The third-order valence-corrected chi connectivity index (χ3v) is 2.17. The molecule has 0 aromatic heterocycles. The molecule has 54 valence electrons. The summed E-state index contributed by atoms with van der Waals surface area (Å²) in [5.74, 6) is 0.582. The van der Waals surface area contributed by atoms with E-state index in [2.05, 4.69) is 0 Å². The van der Waals surface area contributed by atoms with E-state index >= 15 is 0 Å². The Morgan fingerprint density at radius 2 is 2.30 bits per heavy atom. The van der Waals surface area contributed by atoms with Gasteiger partial charge in [-0.25, -0.2) is 0 Å². The number of hydrogen-bond donors (Lipinski definition) is 1. The molecule has 0 aliphatic carbocycles. The van der Waals surface area contributed by atoms with Crippen molar-refractivity contribution in [2.24, 2.45) is 11.8 Å². The van der Waals surface area contributed by atoms with Crippen molar-refractivity contribution in [1.29, 1.82) is 5.31 Å². The number of nitrogens with one attached hydrogen (secondary N) is 1. The van der Waals surface area contributed by atoms with E-state index in [4.69, 9.17) is 5.31 Å². The summed E-state index contributed by atoms with van der Waals surface area (Å²) in [6.45, 7) is 4.66. The molecule has 1 amide bonds. The molecule has 1 aliphatic heterocycles. The third kappa shape index (κ3) is 0.980. The van der Waals surface area contributed by atoms with Crippen molar-refractivity contribution in [3.8, 4) is 0 Å². The van der Waals surface area contributed by atoms with Crippen molar-refractivity contribution in [3.63, 3.8) is 0 Å². The number of hydrogen-bond acceptors (Lipinski definition) is 2. The van der Waals surface area contributed by atoms with Crippen molar-refractivity contribution in [1.82, 2.24) is 4.81 Å². The van der Waals surface area contributed by atoms with Gasteiger partial charge in [0.25, 0.3) is 0 Å². The molecule has 0 spiro atoms.